The van der Waals surface area contributed by atoms with Crippen molar-refractivity contribution in [1.82, 2.24) is 14.5 Å². The van der Waals surface area contributed by atoms with Crippen molar-refractivity contribution in [2.24, 2.45) is 0 Å². The average Bonchev–Trinajstić information content (AvgIpc) is 3.00. The van der Waals surface area contributed by atoms with Gasteiger partial charge in [-0.3, -0.25) is 0 Å². The van der Waals surface area contributed by atoms with Crippen LogP contribution in [0.25, 0.3) is 11.0 Å². The van der Waals surface area contributed by atoms with Crippen LogP contribution >= 0.6 is 34.5 Å². The summed E-state index contributed by atoms with van der Waals surface area (Å²) in [5.74, 6) is 0.446. The van der Waals surface area contributed by atoms with E-state index in [4.69, 9.17) is 23.2 Å². The molecule has 2 aromatic heterocycles. The molecule has 3 nitrogen and oxygen atoms in total. The van der Waals surface area contributed by atoms with Crippen molar-refractivity contribution < 1.29 is 4.39 Å². The minimum Gasteiger partial charge on any atom is -0.320 e. The Kier molecular flexibility index (Phi) is 3.43. The quantitative estimate of drug-likeness (QED) is 0.682. The molecule has 0 bridgehead atoms. The number of rotatable bonds is 3. The van der Waals surface area contributed by atoms with Crippen molar-refractivity contribution in [3.8, 4) is 0 Å². The fourth-order valence-electron chi connectivity index (χ4n) is 1.91. The van der Waals surface area contributed by atoms with Crippen molar-refractivity contribution in [3.05, 3.63) is 45.4 Å². The minimum absolute atomic E-state index is 0.0777. The number of thiazole rings is 1. The fourth-order valence-corrected chi connectivity index (χ4v) is 2.88. The second kappa shape index (κ2) is 5.07. The van der Waals surface area contributed by atoms with Gasteiger partial charge in [0.1, 0.15) is 16.6 Å². The van der Waals surface area contributed by atoms with Crippen LogP contribution in [0.2, 0.25) is 5.02 Å². The molecule has 0 aliphatic rings. The maximum atomic E-state index is 13.4. The summed E-state index contributed by atoms with van der Waals surface area (Å²) in [6.07, 6.45) is 1.74. The van der Waals surface area contributed by atoms with E-state index in [1.54, 1.807) is 23.6 Å². The monoisotopic (exact) mass is 315 g/mol. The van der Waals surface area contributed by atoms with Gasteiger partial charge in [0.25, 0.3) is 0 Å². The van der Waals surface area contributed by atoms with Crippen LogP contribution in [0.4, 0.5) is 4.39 Å². The van der Waals surface area contributed by atoms with Crippen LogP contribution in [-0.4, -0.2) is 14.5 Å². The summed E-state index contributed by atoms with van der Waals surface area (Å²) in [6, 6.07) is 2.90. The standard InChI is InChI=1S/C12H8Cl2FN3S/c13-5-11-17-9-4-8(15)7(14)3-10(9)18(11)6-12-16-1-2-19-12/h1-4H,5-6H2. The SMILES string of the molecule is Fc1cc2nc(CCl)n(Cc3nccs3)c2cc1Cl. The van der Waals surface area contributed by atoms with E-state index in [0.29, 0.717) is 17.9 Å². The number of imidazole rings is 1. The topological polar surface area (TPSA) is 30.7 Å². The van der Waals surface area contributed by atoms with Gasteiger partial charge in [0, 0.05) is 17.6 Å². The maximum absolute atomic E-state index is 13.4. The summed E-state index contributed by atoms with van der Waals surface area (Å²) in [4.78, 5) is 8.56. The second-order valence-corrected chi connectivity index (χ2v) is 5.58. The molecule has 3 rings (SSSR count). The normalized spacial score (nSPS) is 11.3. The van der Waals surface area contributed by atoms with Crippen molar-refractivity contribution >= 4 is 45.6 Å². The number of alkyl halides is 1. The van der Waals surface area contributed by atoms with Crippen molar-refractivity contribution in [2.75, 3.05) is 0 Å². The molecule has 98 valence electrons. The molecule has 0 fully saturated rings. The van der Waals surface area contributed by atoms with E-state index in [9.17, 15) is 4.39 Å². The molecule has 7 heteroatoms. The molecule has 0 saturated heterocycles. The Morgan fingerprint density at radius 3 is 2.89 bits per heavy atom. The van der Waals surface area contributed by atoms with E-state index < -0.39 is 5.82 Å². The maximum Gasteiger partial charge on any atom is 0.144 e. The van der Waals surface area contributed by atoms with Crippen LogP contribution in [0.3, 0.4) is 0 Å². The molecule has 0 atom stereocenters. The Morgan fingerprint density at radius 1 is 1.37 bits per heavy atom. The Hall–Kier alpha value is -1.17. The van der Waals surface area contributed by atoms with Gasteiger partial charge >= 0.3 is 0 Å². The lowest BCUT2D eigenvalue weighted by molar-refractivity contribution is 0.629. The Morgan fingerprint density at radius 2 is 2.21 bits per heavy atom. The fraction of sp³-hybridized carbons (Fsp3) is 0.167. The van der Waals surface area contributed by atoms with Gasteiger partial charge in [-0.15, -0.1) is 22.9 Å². The van der Waals surface area contributed by atoms with Crippen LogP contribution in [0, 0.1) is 5.82 Å². The number of benzene rings is 1. The highest BCUT2D eigenvalue weighted by Gasteiger charge is 2.14. The summed E-state index contributed by atoms with van der Waals surface area (Å²) in [5.41, 5.74) is 1.31. The highest BCUT2D eigenvalue weighted by Crippen LogP contribution is 2.25. The van der Waals surface area contributed by atoms with Crippen LogP contribution in [0.5, 0.6) is 0 Å². The zero-order valence-corrected chi connectivity index (χ0v) is 11.9. The number of hydrogen-bond acceptors (Lipinski definition) is 3. The van der Waals surface area contributed by atoms with Gasteiger partial charge in [0.2, 0.25) is 0 Å². The molecule has 0 aliphatic heterocycles. The summed E-state index contributed by atoms with van der Waals surface area (Å²) in [7, 11) is 0. The van der Waals surface area contributed by atoms with Gasteiger partial charge in [-0.2, -0.15) is 0 Å². The van der Waals surface area contributed by atoms with Gasteiger partial charge in [-0.05, 0) is 6.07 Å². The van der Waals surface area contributed by atoms with Gasteiger partial charge in [0.05, 0.1) is 28.5 Å². The number of aromatic nitrogens is 3. The first kappa shape index (κ1) is 12.8. The summed E-state index contributed by atoms with van der Waals surface area (Å²) >= 11 is 13.3. The number of halogens is 3. The molecule has 3 aromatic rings. The third kappa shape index (κ3) is 2.33. The Bertz CT molecular complexity index is 724. The van der Waals surface area contributed by atoms with Crippen molar-refractivity contribution in [3.63, 3.8) is 0 Å². The zero-order valence-electron chi connectivity index (χ0n) is 9.61. The molecule has 2 heterocycles. The lowest BCUT2D eigenvalue weighted by Crippen LogP contribution is -2.03. The lowest BCUT2D eigenvalue weighted by atomic mass is 10.3. The summed E-state index contributed by atoms with van der Waals surface area (Å²) in [5, 5.41) is 2.92. The van der Waals surface area contributed by atoms with E-state index in [1.165, 1.54) is 6.07 Å². The van der Waals surface area contributed by atoms with Gasteiger partial charge < -0.3 is 4.57 Å². The molecule has 0 unspecified atom stereocenters. The van der Waals surface area contributed by atoms with Gasteiger partial charge in [-0.1, -0.05) is 11.6 Å². The molecule has 0 aliphatic carbocycles. The first-order chi connectivity index (χ1) is 9.19. The van der Waals surface area contributed by atoms with Crippen LogP contribution < -0.4 is 0 Å². The van der Waals surface area contributed by atoms with Crippen LogP contribution in [-0.2, 0) is 12.4 Å². The van der Waals surface area contributed by atoms with Crippen LogP contribution in [0.15, 0.2) is 23.7 Å². The van der Waals surface area contributed by atoms with Crippen LogP contribution in [0.1, 0.15) is 10.8 Å². The van der Waals surface area contributed by atoms with E-state index in [-0.39, 0.29) is 10.9 Å². The predicted octanol–water partition coefficient (Wildman–Crippen LogP) is 4.07. The third-order valence-corrected chi connectivity index (χ3v) is 4.06. The van der Waals surface area contributed by atoms with E-state index in [0.717, 1.165) is 10.5 Å². The van der Waals surface area contributed by atoms with E-state index in [1.807, 2.05) is 9.95 Å². The van der Waals surface area contributed by atoms with Crippen molar-refractivity contribution in [2.45, 2.75) is 12.4 Å². The predicted molar refractivity (Wildman–Crippen MR) is 75.5 cm³/mol. The largest absolute Gasteiger partial charge is 0.320 e. The Balaban J connectivity index is 2.17. The summed E-state index contributed by atoms with van der Waals surface area (Å²) < 4.78 is 15.4. The molecule has 1 aromatic carbocycles. The molecule has 0 radical (unpaired) electrons. The smallest absolute Gasteiger partial charge is 0.144 e. The van der Waals surface area contributed by atoms with E-state index >= 15 is 0 Å². The number of nitrogens with zero attached hydrogens (tertiary/aromatic N) is 3. The molecular formula is C12H8Cl2FN3S. The van der Waals surface area contributed by atoms with Crippen molar-refractivity contribution in [1.29, 1.82) is 0 Å². The zero-order chi connectivity index (χ0) is 13.4. The first-order valence-electron chi connectivity index (χ1n) is 5.47. The van der Waals surface area contributed by atoms with Gasteiger partial charge in [-0.25, -0.2) is 14.4 Å². The molecule has 19 heavy (non-hydrogen) atoms. The lowest BCUT2D eigenvalue weighted by Gasteiger charge is -2.05. The third-order valence-electron chi connectivity index (χ3n) is 2.77. The first-order valence-corrected chi connectivity index (χ1v) is 7.26. The average molecular weight is 316 g/mol. The minimum atomic E-state index is -0.478. The second-order valence-electron chi connectivity index (χ2n) is 3.93. The molecule has 0 spiro atoms. The van der Waals surface area contributed by atoms with Gasteiger partial charge in [0.15, 0.2) is 0 Å². The number of fused-ring (bicyclic) bond motifs is 1. The molecule has 0 amide bonds. The molecule has 0 N–H and O–H groups in total. The molecular weight excluding hydrogens is 308 g/mol. The number of hydrogen-bond donors (Lipinski definition) is 0. The summed E-state index contributed by atoms with van der Waals surface area (Å²) in [6.45, 7) is 0.554. The highest BCUT2D eigenvalue weighted by atomic mass is 35.5. The molecule has 0 saturated carbocycles. The highest BCUT2D eigenvalue weighted by molar-refractivity contribution is 7.09. The Labute approximate surface area is 122 Å². The van der Waals surface area contributed by atoms with E-state index in [2.05, 4.69) is 9.97 Å².